The fraction of sp³-hybridized carbons (Fsp3) is 0.115. The summed E-state index contributed by atoms with van der Waals surface area (Å²) in [5.41, 5.74) is 6.59. The number of allylic oxidation sites excluding steroid dienone is 4. The van der Waals surface area contributed by atoms with Gasteiger partial charge in [-0.15, -0.1) is 0 Å². The van der Waals surface area contributed by atoms with Gasteiger partial charge in [-0.25, -0.2) is 0 Å². The van der Waals surface area contributed by atoms with Crippen LogP contribution in [0.5, 0.6) is 0 Å². The molecular weight excluding hydrogens is 328 g/mol. The van der Waals surface area contributed by atoms with E-state index in [0.717, 1.165) is 23.1 Å². The summed E-state index contributed by atoms with van der Waals surface area (Å²) in [6, 6.07) is 30.9. The highest BCUT2D eigenvalue weighted by atomic mass is 16.1. The van der Waals surface area contributed by atoms with Crippen molar-refractivity contribution < 1.29 is 4.79 Å². The molecule has 0 fully saturated rings. The number of rotatable bonds is 6. The molecule has 3 aromatic rings. The molecule has 0 atom stereocenters. The molecule has 3 aromatic carbocycles. The van der Waals surface area contributed by atoms with Crippen LogP contribution in [-0.2, 0) is 24.1 Å². The second-order valence-electron chi connectivity index (χ2n) is 6.99. The monoisotopic (exact) mass is 350 g/mol. The lowest BCUT2D eigenvalue weighted by atomic mass is 9.95. The van der Waals surface area contributed by atoms with Crippen molar-refractivity contribution in [3.8, 4) is 0 Å². The highest BCUT2D eigenvalue weighted by Crippen LogP contribution is 2.29. The third-order valence-corrected chi connectivity index (χ3v) is 5.00. The Morgan fingerprint density at radius 3 is 1.48 bits per heavy atom. The number of hydrogen-bond acceptors (Lipinski definition) is 1. The van der Waals surface area contributed by atoms with E-state index in [4.69, 9.17) is 0 Å². The fourth-order valence-corrected chi connectivity index (χ4v) is 3.62. The minimum Gasteiger partial charge on any atom is -0.289 e. The van der Waals surface area contributed by atoms with E-state index in [2.05, 4.69) is 54.6 Å². The average Bonchev–Trinajstić information content (AvgIpc) is 2.99. The van der Waals surface area contributed by atoms with Crippen molar-refractivity contribution in [1.29, 1.82) is 0 Å². The molecule has 0 N–H and O–H groups in total. The lowest BCUT2D eigenvalue weighted by Gasteiger charge is -2.08. The zero-order valence-corrected chi connectivity index (χ0v) is 15.3. The van der Waals surface area contributed by atoms with Gasteiger partial charge < -0.3 is 0 Å². The maximum absolute atomic E-state index is 13.2. The summed E-state index contributed by atoms with van der Waals surface area (Å²) in [5, 5.41) is 0. The van der Waals surface area contributed by atoms with Crippen LogP contribution in [0, 0.1) is 0 Å². The maximum atomic E-state index is 13.2. The molecule has 27 heavy (non-hydrogen) atoms. The number of ketones is 1. The van der Waals surface area contributed by atoms with Gasteiger partial charge in [-0.05, 0) is 28.7 Å². The summed E-state index contributed by atoms with van der Waals surface area (Å²) in [4.78, 5) is 13.2. The van der Waals surface area contributed by atoms with Crippen LogP contribution in [0.15, 0.2) is 114 Å². The topological polar surface area (TPSA) is 17.1 Å². The molecule has 1 nitrogen and oxygen atoms in total. The summed E-state index contributed by atoms with van der Waals surface area (Å²) in [6.45, 7) is 0. The van der Waals surface area contributed by atoms with Crippen LogP contribution in [-0.4, -0.2) is 5.78 Å². The predicted octanol–water partition coefficient (Wildman–Crippen LogP) is 5.52. The molecular formula is C26H22O. The second kappa shape index (κ2) is 8.01. The van der Waals surface area contributed by atoms with E-state index >= 15 is 0 Å². The van der Waals surface area contributed by atoms with Crippen molar-refractivity contribution in [2.75, 3.05) is 0 Å². The van der Waals surface area contributed by atoms with Crippen LogP contribution in [0.2, 0.25) is 0 Å². The maximum Gasteiger partial charge on any atom is 0.185 e. The van der Waals surface area contributed by atoms with Gasteiger partial charge in [0.25, 0.3) is 0 Å². The van der Waals surface area contributed by atoms with Gasteiger partial charge >= 0.3 is 0 Å². The molecule has 0 bridgehead atoms. The summed E-state index contributed by atoms with van der Waals surface area (Å²) in [6.07, 6.45) is 4.31. The Bertz CT molecular complexity index is 980. The average molecular weight is 350 g/mol. The number of Topliss-reactive ketones (excluding diaryl/α,β-unsaturated/α-hetero) is 1. The molecule has 0 unspecified atom stereocenters. The van der Waals surface area contributed by atoms with E-state index in [1.54, 1.807) is 0 Å². The van der Waals surface area contributed by atoms with Crippen LogP contribution >= 0.6 is 0 Å². The quantitative estimate of drug-likeness (QED) is 0.572. The van der Waals surface area contributed by atoms with E-state index < -0.39 is 0 Å². The van der Waals surface area contributed by atoms with Gasteiger partial charge in [0, 0.05) is 24.0 Å². The standard InChI is InChI=1S/C26H22O/c27-26-24(17-21-12-6-2-7-13-21)19-23(16-20-10-4-1-5-11-20)25(26)18-22-14-8-3-9-15-22/h1-15,19H,16-18H2. The second-order valence-corrected chi connectivity index (χ2v) is 6.99. The number of carbonyl (C=O) groups is 1. The molecule has 1 heteroatoms. The smallest absolute Gasteiger partial charge is 0.185 e. The van der Waals surface area contributed by atoms with Crippen molar-refractivity contribution in [1.82, 2.24) is 0 Å². The van der Waals surface area contributed by atoms with Gasteiger partial charge in [-0.1, -0.05) is 97.1 Å². The fourth-order valence-electron chi connectivity index (χ4n) is 3.62. The Morgan fingerprint density at radius 1 is 0.519 bits per heavy atom. The van der Waals surface area contributed by atoms with Crippen molar-refractivity contribution >= 4 is 5.78 Å². The van der Waals surface area contributed by atoms with Gasteiger partial charge in [-0.3, -0.25) is 4.79 Å². The first-order chi connectivity index (χ1) is 13.3. The Hall–Kier alpha value is -3.19. The van der Waals surface area contributed by atoms with Crippen molar-refractivity contribution in [2.24, 2.45) is 0 Å². The lowest BCUT2D eigenvalue weighted by molar-refractivity contribution is -0.112. The molecule has 0 radical (unpaired) electrons. The van der Waals surface area contributed by atoms with Crippen LogP contribution < -0.4 is 0 Å². The third kappa shape index (κ3) is 4.15. The molecule has 1 aliphatic carbocycles. The molecule has 0 amide bonds. The number of carbonyl (C=O) groups excluding carboxylic acids is 1. The normalized spacial score (nSPS) is 13.8. The van der Waals surface area contributed by atoms with E-state index in [0.29, 0.717) is 12.8 Å². The third-order valence-electron chi connectivity index (χ3n) is 5.00. The SMILES string of the molecule is O=C1C(Cc2ccccc2)=CC(Cc2ccccc2)=C1Cc1ccccc1. The number of benzene rings is 3. The summed E-state index contributed by atoms with van der Waals surface area (Å²) >= 11 is 0. The Morgan fingerprint density at radius 2 is 0.963 bits per heavy atom. The molecule has 0 saturated heterocycles. The summed E-state index contributed by atoms with van der Waals surface area (Å²) < 4.78 is 0. The van der Waals surface area contributed by atoms with Crippen molar-refractivity contribution in [3.63, 3.8) is 0 Å². The molecule has 0 saturated carbocycles. The van der Waals surface area contributed by atoms with E-state index in [1.165, 1.54) is 16.7 Å². The largest absolute Gasteiger partial charge is 0.289 e. The van der Waals surface area contributed by atoms with Crippen LogP contribution in [0.3, 0.4) is 0 Å². The van der Waals surface area contributed by atoms with E-state index in [9.17, 15) is 4.79 Å². The molecule has 132 valence electrons. The van der Waals surface area contributed by atoms with Gasteiger partial charge in [0.2, 0.25) is 0 Å². The first-order valence-corrected chi connectivity index (χ1v) is 9.38. The van der Waals surface area contributed by atoms with Gasteiger partial charge in [0.1, 0.15) is 0 Å². The lowest BCUT2D eigenvalue weighted by Crippen LogP contribution is -2.08. The molecule has 0 heterocycles. The Balaban J connectivity index is 1.64. The predicted molar refractivity (Wildman–Crippen MR) is 111 cm³/mol. The van der Waals surface area contributed by atoms with Crippen molar-refractivity contribution in [3.05, 3.63) is 130 Å². The zero-order valence-electron chi connectivity index (χ0n) is 15.3. The van der Waals surface area contributed by atoms with Crippen LogP contribution in [0.4, 0.5) is 0 Å². The summed E-state index contributed by atoms with van der Waals surface area (Å²) in [5.74, 6) is 0.202. The van der Waals surface area contributed by atoms with Gasteiger partial charge in [-0.2, -0.15) is 0 Å². The van der Waals surface area contributed by atoms with Crippen LogP contribution in [0.25, 0.3) is 0 Å². The minimum atomic E-state index is 0.202. The number of hydrogen-bond donors (Lipinski definition) is 0. The van der Waals surface area contributed by atoms with Crippen LogP contribution in [0.1, 0.15) is 16.7 Å². The minimum absolute atomic E-state index is 0.202. The van der Waals surface area contributed by atoms with Gasteiger partial charge in [0.15, 0.2) is 5.78 Å². The Labute approximate surface area is 160 Å². The van der Waals surface area contributed by atoms with Crippen molar-refractivity contribution in [2.45, 2.75) is 19.3 Å². The summed E-state index contributed by atoms with van der Waals surface area (Å²) in [7, 11) is 0. The molecule has 4 rings (SSSR count). The molecule has 0 aromatic heterocycles. The van der Waals surface area contributed by atoms with E-state index in [1.807, 2.05) is 42.5 Å². The first-order valence-electron chi connectivity index (χ1n) is 9.38. The molecule has 0 spiro atoms. The molecule has 1 aliphatic rings. The zero-order chi connectivity index (χ0) is 18.5. The first kappa shape index (κ1) is 17.2. The Kier molecular flexibility index (Phi) is 5.11. The molecule has 0 aliphatic heterocycles. The highest BCUT2D eigenvalue weighted by molar-refractivity contribution is 6.12. The van der Waals surface area contributed by atoms with E-state index in [-0.39, 0.29) is 5.78 Å². The van der Waals surface area contributed by atoms with Gasteiger partial charge in [0.05, 0.1) is 0 Å². The highest BCUT2D eigenvalue weighted by Gasteiger charge is 2.25.